The zero-order chi connectivity index (χ0) is 30.9. The van der Waals surface area contributed by atoms with E-state index < -0.39 is 0 Å². The molecule has 0 unspecified atom stereocenters. The molecule has 0 saturated heterocycles. The molecule has 0 bridgehead atoms. The molecule has 44 heavy (non-hydrogen) atoms. The van der Waals surface area contributed by atoms with Gasteiger partial charge in [-0.2, -0.15) is 0 Å². The van der Waals surface area contributed by atoms with E-state index in [0.717, 1.165) is 42.4 Å². The van der Waals surface area contributed by atoms with Crippen LogP contribution in [0.2, 0.25) is 0 Å². The van der Waals surface area contributed by atoms with Crippen molar-refractivity contribution in [3.8, 4) is 11.5 Å². The monoisotopic (exact) mass is 631 g/mol. The summed E-state index contributed by atoms with van der Waals surface area (Å²) in [4.78, 5) is 27.8. The summed E-state index contributed by atoms with van der Waals surface area (Å²) in [7, 11) is 0. The van der Waals surface area contributed by atoms with Gasteiger partial charge in [0, 0.05) is 18.0 Å². The van der Waals surface area contributed by atoms with Gasteiger partial charge in [-0.25, -0.2) is 0 Å². The fraction of sp³-hybridized carbons (Fsp3) is 0.333. The Kier molecular flexibility index (Phi) is 10.7. The summed E-state index contributed by atoms with van der Waals surface area (Å²) in [5.41, 5.74) is 3.76. The van der Waals surface area contributed by atoms with Gasteiger partial charge < -0.3 is 20.1 Å². The first-order chi connectivity index (χ1) is 21.5. The highest BCUT2D eigenvalue weighted by Crippen LogP contribution is 2.38. The Morgan fingerprint density at radius 1 is 1.09 bits per heavy atom. The van der Waals surface area contributed by atoms with Gasteiger partial charge >= 0.3 is 0 Å². The molecule has 1 aliphatic rings. The molecule has 0 fully saturated rings. The Balaban J connectivity index is 1.25. The zero-order valence-corrected chi connectivity index (χ0v) is 26.7. The molecule has 0 saturated carbocycles. The smallest absolute Gasteiger partial charge is 0.254 e. The second-order valence-electron chi connectivity index (χ2n) is 10.4. The van der Waals surface area contributed by atoms with Crippen LogP contribution in [0, 0.1) is 6.92 Å². The topological polar surface area (TPSA) is 107 Å². The van der Waals surface area contributed by atoms with Crippen molar-refractivity contribution >= 4 is 39.9 Å². The van der Waals surface area contributed by atoms with Crippen molar-refractivity contribution in [3.63, 3.8) is 0 Å². The zero-order valence-electron chi connectivity index (χ0n) is 25.1. The third-order valence-corrected chi connectivity index (χ3v) is 9.31. The number of benzene rings is 2. The first kappa shape index (κ1) is 31.3. The van der Waals surface area contributed by atoms with Crippen LogP contribution in [0.15, 0.2) is 66.3 Å². The number of thiophene rings is 1. The normalized spacial score (nSPS) is 12.3. The first-order valence-corrected chi connectivity index (χ1v) is 16.6. The number of hydrogen-bond donors (Lipinski definition) is 2. The minimum Gasteiger partial charge on any atom is -0.490 e. The van der Waals surface area contributed by atoms with E-state index >= 15 is 0 Å². The van der Waals surface area contributed by atoms with Crippen LogP contribution >= 0.6 is 23.1 Å². The molecule has 4 aromatic rings. The molecule has 0 atom stereocenters. The van der Waals surface area contributed by atoms with E-state index in [9.17, 15) is 9.59 Å². The number of nitrogens with zero attached hydrogens (tertiary/aromatic N) is 3. The molecule has 2 heterocycles. The van der Waals surface area contributed by atoms with E-state index in [1.54, 1.807) is 6.08 Å². The van der Waals surface area contributed by atoms with Crippen molar-refractivity contribution in [1.29, 1.82) is 0 Å². The second kappa shape index (κ2) is 15.1. The highest BCUT2D eigenvalue weighted by atomic mass is 32.2. The van der Waals surface area contributed by atoms with Gasteiger partial charge in [0.2, 0.25) is 5.91 Å². The Labute approximate surface area is 266 Å². The van der Waals surface area contributed by atoms with Crippen LogP contribution in [0.1, 0.15) is 57.5 Å². The molecule has 11 heteroatoms. The lowest BCUT2D eigenvalue weighted by Gasteiger charge is -2.13. The van der Waals surface area contributed by atoms with Gasteiger partial charge in [0.15, 0.2) is 22.5 Å². The molecule has 2 aromatic heterocycles. The molecule has 2 N–H and O–H groups in total. The molecule has 0 aliphatic heterocycles. The summed E-state index contributed by atoms with van der Waals surface area (Å²) < 4.78 is 13.7. The van der Waals surface area contributed by atoms with E-state index in [4.69, 9.17) is 9.47 Å². The average Bonchev–Trinajstić information content (AvgIpc) is 3.59. The molecule has 2 aromatic carbocycles. The molecule has 0 spiro atoms. The lowest BCUT2D eigenvalue weighted by atomic mass is 9.95. The maximum Gasteiger partial charge on any atom is 0.254 e. The van der Waals surface area contributed by atoms with Crippen molar-refractivity contribution < 1.29 is 19.1 Å². The van der Waals surface area contributed by atoms with Crippen LogP contribution in [0.25, 0.3) is 0 Å². The van der Waals surface area contributed by atoms with Crippen LogP contribution in [0.4, 0.5) is 5.00 Å². The number of fused-ring (bicyclic) bond motifs is 1. The number of carbonyl (C=O) groups is 2. The number of hydrogen-bond acceptors (Lipinski definition) is 8. The van der Waals surface area contributed by atoms with Crippen molar-refractivity contribution in [2.75, 3.05) is 17.7 Å². The number of carbonyl (C=O) groups excluding carboxylic acids is 2. The van der Waals surface area contributed by atoms with E-state index in [1.807, 2.05) is 66.9 Å². The van der Waals surface area contributed by atoms with Gasteiger partial charge in [0.05, 0.1) is 17.9 Å². The van der Waals surface area contributed by atoms with Crippen molar-refractivity contribution in [2.24, 2.45) is 0 Å². The summed E-state index contributed by atoms with van der Waals surface area (Å²) in [6.45, 7) is 9.40. The van der Waals surface area contributed by atoms with Crippen LogP contribution in [-0.4, -0.2) is 38.9 Å². The van der Waals surface area contributed by atoms with E-state index in [0.29, 0.717) is 52.7 Å². The third-order valence-electron chi connectivity index (χ3n) is 7.14. The van der Waals surface area contributed by atoms with Gasteiger partial charge in [-0.15, -0.1) is 28.1 Å². The fourth-order valence-corrected chi connectivity index (χ4v) is 7.11. The second-order valence-corrected chi connectivity index (χ2v) is 12.4. The molecular weight excluding hydrogens is 595 g/mol. The number of rotatable bonds is 14. The standard InChI is InChI=1S/C33H37N5O4S2/c1-4-17-38-28(20-42-25-16-15-22(3)18-26(25)41-5-2)36-37-33(38)43-21-29(39)35-32-30(24-13-9-10-14-27(24)44-32)31(40)34-19-23-11-7-6-8-12-23/h4,6-8,11-12,15-16,18H,1,5,9-10,13-14,17,19-21H2,2-3H3,(H,34,40)(H,35,39). The maximum atomic E-state index is 13.4. The molecule has 9 nitrogen and oxygen atoms in total. The first-order valence-electron chi connectivity index (χ1n) is 14.7. The van der Waals surface area contributed by atoms with Crippen molar-refractivity contribution in [1.82, 2.24) is 20.1 Å². The minimum atomic E-state index is -0.210. The van der Waals surface area contributed by atoms with Gasteiger partial charge in [-0.05, 0) is 68.4 Å². The van der Waals surface area contributed by atoms with Crippen molar-refractivity contribution in [3.05, 3.63) is 94.1 Å². The van der Waals surface area contributed by atoms with Crippen LogP contribution in [0.3, 0.4) is 0 Å². The van der Waals surface area contributed by atoms with Crippen LogP contribution in [0.5, 0.6) is 11.5 Å². The number of ether oxygens (including phenoxy) is 2. The van der Waals surface area contributed by atoms with E-state index in [-0.39, 0.29) is 24.2 Å². The predicted molar refractivity (Wildman–Crippen MR) is 175 cm³/mol. The molecule has 1 aliphatic carbocycles. The minimum absolute atomic E-state index is 0.107. The lowest BCUT2D eigenvalue weighted by Crippen LogP contribution is -2.25. The van der Waals surface area contributed by atoms with Crippen LogP contribution < -0.4 is 20.1 Å². The average molecular weight is 632 g/mol. The van der Waals surface area contributed by atoms with Crippen molar-refractivity contribution in [2.45, 2.75) is 64.4 Å². The Morgan fingerprint density at radius 3 is 2.70 bits per heavy atom. The molecule has 5 rings (SSSR count). The third kappa shape index (κ3) is 7.70. The Hall–Kier alpha value is -4.09. The van der Waals surface area contributed by atoms with Gasteiger partial charge in [0.25, 0.3) is 5.91 Å². The van der Waals surface area contributed by atoms with Crippen LogP contribution in [-0.2, 0) is 37.3 Å². The van der Waals surface area contributed by atoms with Gasteiger partial charge in [-0.1, -0.05) is 54.2 Å². The molecule has 230 valence electrons. The van der Waals surface area contributed by atoms with Gasteiger partial charge in [-0.3, -0.25) is 14.2 Å². The summed E-state index contributed by atoms with van der Waals surface area (Å²) >= 11 is 2.79. The van der Waals surface area contributed by atoms with E-state index in [2.05, 4.69) is 27.4 Å². The van der Waals surface area contributed by atoms with E-state index in [1.165, 1.54) is 28.0 Å². The largest absolute Gasteiger partial charge is 0.490 e. The lowest BCUT2D eigenvalue weighted by molar-refractivity contribution is -0.113. The number of amides is 2. The molecule has 0 radical (unpaired) electrons. The summed E-state index contributed by atoms with van der Waals surface area (Å²) in [5.74, 6) is 1.65. The number of nitrogens with one attached hydrogen (secondary N) is 2. The number of anilines is 1. The summed E-state index contributed by atoms with van der Waals surface area (Å²) in [5, 5.41) is 15.9. The summed E-state index contributed by atoms with van der Waals surface area (Å²) in [6, 6.07) is 15.6. The summed E-state index contributed by atoms with van der Waals surface area (Å²) in [6.07, 6.45) is 5.64. The fourth-order valence-electron chi connectivity index (χ4n) is 5.04. The quantitative estimate of drug-likeness (QED) is 0.123. The number of allylic oxidation sites excluding steroid dienone is 1. The number of thioether (sulfide) groups is 1. The maximum absolute atomic E-state index is 13.4. The highest BCUT2D eigenvalue weighted by molar-refractivity contribution is 7.99. The Morgan fingerprint density at radius 2 is 1.91 bits per heavy atom. The predicted octanol–water partition coefficient (Wildman–Crippen LogP) is 6.35. The Bertz CT molecular complexity index is 1620. The highest BCUT2D eigenvalue weighted by Gasteiger charge is 2.26. The SMILES string of the molecule is C=CCn1c(COc2ccc(C)cc2OCC)nnc1SCC(=O)Nc1sc2c(c1C(=O)NCc1ccccc1)CCCC2. The number of aromatic nitrogens is 3. The number of aryl methyl sites for hydroxylation is 2. The van der Waals surface area contributed by atoms with Gasteiger partial charge in [0.1, 0.15) is 11.6 Å². The molecular formula is C33H37N5O4S2. The molecule has 2 amide bonds.